The molecule has 0 aliphatic carbocycles. The molecule has 0 atom stereocenters. The minimum atomic E-state index is 0.937. The second kappa shape index (κ2) is 3.33. The predicted molar refractivity (Wildman–Crippen MR) is 63.8 cm³/mol. The second-order valence-corrected chi connectivity index (χ2v) is 4.20. The highest BCUT2D eigenvalue weighted by molar-refractivity contribution is 5.58. The van der Waals surface area contributed by atoms with Gasteiger partial charge in [-0.25, -0.2) is 0 Å². The van der Waals surface area contributed by atoms with E-state index in [1.54, 1.807) is 0 Å². The summed E-state index contributed by atoms with van der Waals surface area (Å²) in [5, 5.41) is 8.27. The molecule has 1 aliphatic rings. The Labute approximate surface area is 94.2 Å². The molecule has 0 bridgehead atoms. The molecule has 2 aromatic rings. The molecule has 0 radical (unpaired) electrons. The SMILES string of the molecule is Cc1cc(N2CC=CC2)cn2c(C)nnc12. The normalized spacial score (nSPS) is 15.2. The van der Waals surface area contributed by atoms with Gasteiger partial charge in [0.2, 0.25) is 0 Å². The third-order valence-electron chi connectivity index (χ3n) is 3.03. The molecule has 16 heavy (non-hydrogen) atoms. The van der Waals surface area contributed by atoms with E-state index in [1.165, 1.54) is 11.3 Å². The molecule has 0 unspecified atom stereocenters. The highest BCUT2D eigenvalue weighted by Crippen LogP contribution is 2.21. The molecule has 0 aromatic carbocycles. The van der Waals surface area contributed by atoms with Crippen molar-refractivity contribution in [3.8, 4) is 0 Å². The third-order valence-corrected chi connectivity index (χ3v) is 3.03. The summed E-state index contributed by atoms with van der Waals surface area (Å²) in [6.07, 6.45) is 6.50. The maximum Gasteiger partial charge on any atom is 0.163 e. The van der Waals surface area contributed by atoms with Crippen LogP contribution in [0, 0.1) is 13.8 Å². The Morgan fingerprint density at radius 2 is 1.88 bits per heavy atom. The Bertz CT molecular complexity index is 560. The molecule has 1 aliphatic heterocycles. The number of hydrogen-bond donors (Lipinski definition) is 0. The van der Waals surface area contributed by atoms with Crippen LogP contribution in [0.3, 0.4) is 0 Å². The van der Waals surface area contributed by atoms with Crippen LogP contribution in [0.2, 0.25) is 0 Å². The Hall–Kier alpha value is -1.84. The number of aryl methyl sites for hydroxylation is 2. The first-order valence-corrected chi connectivity index (χ1v) is 5.47. The standard InChI is InChI=1S/C12H14N4/c1-9-7-11(15-5-3-4-6-15)8-16-10(2)13-14-12(9)16/h3-4,7-8H,5-6H2,1-2H3. The summed E-state index contributed by atoms with van der Waals surface area (Å²) in [5.41, 5.74) is 3.36. The smallest absolute Gasteiger partial charge is 0.163 e. The van der Waals surface area contributed by atoms with Crippen molar-refractivity contribution in [1.29, 1.82) is 0 Å². The fraction of sp³-hybridized carbons (Fsp3) is 0.333. The maximum atomic E-state index is 4.16. The quantitative estimate of drug-likeness (QED) is 0.678. The van der Waals surface area contributed by atoms with Crippen LogP contribution in [0.25, 0.3) is 5.65 Å². The topological polar surface area (TPSA) is 33.4 Å². The summed E-state index contributed by atoms with van der Waals surface area (Å²) in [6, 6.07) is 2.18. The fourth-order valence-electron chi connectivity index (χ4n) is 2.11. The predicted octanol–water partition coefficient (Wildman–Crippen LogP) is 1.72. The molecule has 3 heterocycles. The van der Waals surface area contributed by atoms with Gasteiger partial charge in [0.15, 0.2) is 5.65 Å². The highest BCUT2D eigenvalue weighted by Gasteiger charge is 2.11. The van der Waals surface area contributed by atoms with Crippen LogP contribution in [0.15, 0.2) is 24.4 Å². The van der Waals surface area contributed by atoms with Gasteiger partial charge in [0.25, 0.3) is 0 Å². The minimum Gasteiger partial charge on any atom is -0.363 e. The van der Waals surface area contributed by atoms with Gasteiger partial charge in [-0.05, 0) is 25.5 Å². The van der Waals surface area contributed by atoms with Crippen LogP contribution in [0.5, 0.6) is 0 Å². The van der Waals surface area contributed by atoms with Gasteiger partial charge in [-0.3, -0.25) is 4.40 Å². The summed E-state index contributed by atoms with van der Waals surface area (Å²) < 4.78 is 2.06. The molecule has 0 spiro atoms. The molecule has 2 aromatic heterocycles. The lowest BCUT2D eigenvalue weighted by Gasteiger charge is -2.18. The van der Waals surface area contributed by atoms with Crippen molar-refractivity contribution in [3.05, 3.63) is 35.8 Å². The van der Waals surface area contributed by atoms with E-state index in [0.717, 1.165) is 24.6 Å². The highest BCUT2D eigenvalue weighted by atomic mass is 15.3. The van der Waals surface area contributed by atoms with Gasteiger partial charge in [0, 0.05) is 19.3 Å². The first-order valence-electron chi connectivity index (χ1n) is 5.47. The summed E-state index contributed by atoms with van der Waals surface area (Å²) >= 11 is 0. The van der Waals surface area contributed by atoms with Gasteiger partial charge in [-0.15, -0.1) is 10.2 Å². The number of fused-ring (bicyclic) bond motifs is 1. The molecule has 82 valence electrons. The second-order valence-electron chi connectivity index (χ2n) is 4.20. The minimum absolute atomic E-state index is 0.937. The lowest BCUT2D eigenvalue weighted by Crippen LogP contribution is -2.19. The summed E-state index contributed by atoms with van der Waals surface area (Å²) in [6.45, 7) is 6.04. The molecular weight excluding hydrogens is 200 g/mol. The van der Waals surface area contributed by atoms with Gasteiger partial charge in [0.1, 0.15) is 5.82 Å². The lowest BCUT2D eigenvalue weighted by molar-refractivity contribution is 0.967. The van der Waals surface area contributed by atoms with E-state index in [0.29, 0.717) is 0 Å². The van der Waals surface area contributed by atoms with Gasteiger partial charge >= 0.3 is 0 Å². The van der Waals surface area contributed by atoms with Crippen molar-refractivity contribution in [3.63, 3.8) is 0 Å². The third kappa shape index (κ3) is 1.30. The number of aromatic nitrogens is 3. The Morgan fingerprint density at radius 1 is 1.12 bits per heavy atom. The summed E-state index contributed by atoms with van der Waals surface area (Å²) in [5.74, 6) is 0.937. The number of rotatable bonds is 1. The van der Waals surface area contributed by atoms with Crippen LogP contribution in [0.1, 0.15) is 11.4 Å². The largest absolute Gasteiger partial charge is 0.363 e. The van der Waals surface area contributed by atoms with E-state index in [9.17, 15) is 0 Å². The zero-order valence-electron chi connectivity index (χ0n) is 9.51. The zero-order valence-corrected chi connectivity index (χ0v) is 9.51. The van der Waals surface area contributed by atoms with Crippen LogP contribution in [0.4, 0.5) is 5.69 Å². The van der Waals surface area contributed by atoms with Crippen molar-refractivity contribution in [1.82, 2.24) is 14.6 Å². The van der Waals surface area contributed by atoms with E-state index in [2.05, 4.69) is 50.8 Å². The van der Waals surface area contributed by atoms with Crippen LogP contribution in [-0.2, 0) is 0 Å². The average Bonchev–Trinajstić information content (AvgIpc) is 2.88. The Kier molecular flexibility index (Phi) is 1.96. The summed E-state index contributed by atoms with van der Waals surface area (Å²) in [4.78, 5) is 2.33. The first-order chi connectivity index (χ1) is 7.75. The van der Waals surface area contributed by atoms with E-state index < -0.39 is 0 Å². The number of anilines is 1. The van der Waals surface area contributed by atoms with E-state index in [4.69, 9.17) is 0 Å². The lowest BCUT2D eigenvalue weighted by atomic mass is 10.2. The zero-order chi connectivity index (χ0) is 11.1. The average molecular weight is 214 g/mol. The van der Waals surface area contributed by atoms with Crippen molar-refractivity contribution in [2.24, 2.45) is 0 Å². The molecule has 0 saturated carbocycles. The Morgan fingerprint density at radius 3 is 2.62 bits per heavy atom. The molecule has 0 fully saturated rings. The van der Waals surface area contributed by atoms with Crippen LogP contribution >= 0.6 is 0 Å². The van der Waals surface area contributed by atoms with Crippen molar-refractivity contribution in [2.45, 2.75) is 13.8 Å². The van der Waals surface area contributed by atoms with Crippen LogP contribution < -0.4 is 4.90 Å². The molecular formula is C12H14N4. The van der Waals surface area contributed by atoms with Gasteiger partial charge in [0.05, 0.1) is 5.69 Å². The number of pyridine rings is 1. The van der Waals surface area contributed by atoms with E-state index >= 15 is 0 Å². The summed E-state index contributed by atoms with van der Waals surface area (Å²) in [7, 11) is 0. The molecule has 4 heteroatoms. The van der Waals surface area contributed by atoms with E-state index in [-0.39, 0.29) is 0 Å². The van der Waals surface area contributed by atoms with Crippen molar-refractivity contribution < 1.29 is 0 Å². The Balaban J connectivity index is 2.15. The molecule has 4 nitrogen and oxygen atoms in total. The van der Waals surface area contributed by atoms with E-state index in [1.807, 2.05) is 6.92 Å². The molecule has 0 amide bonds. The number of nitrogens with zero attached hydrogens (tertiary/aromatic N) is 4. The van der Waals surface area contributed by atoms with Gasteiger partial charge in [-0.1, -0.05) is 12.2 Å². The van der Waals surface area contributed by atoms with Gasteiger partial charge in [-0.2, -0.15) is 0 Å². The molecule has 3 rings (SSSR count). The monoisotopic (exact) mass is 214 g/mol. The fourth-order valence-corrected chi connectivity index (χ4v) is 2.11. The first kappa shape index (κ1) is 9.39. The van der Waals surface area contributed by atoms with Crippen molar-refractivity contribution in [2.75, 3.05) is 18.0 Å². The van der Waals surface area contributed by atoms with Crippen molar-refractivity contribution >= 4 is 11.3 Å². The maximum absolute atomic E-state index is 4.16. The number of hydrogen-bond acceptors (Lipinski definition) is 3. The van der Waals surface area contributed by atoms with Gasteiger partial charge < -0.3 is 4.90 Å². The molecule has 0 saturated heterocycles. The van der Waals surface area contributed by atoms with Crippen LogP contribution in [-0.4, -0.2) is 27.7 Å². The molecule has 0 N–H and O–H groups in total.